The van der Waals surface area contributed by atoms with Gasteiger partial charge < -0.3 is 14.8 Å². The van der Waals surface area contributed by atoms with Gasteiger partial charge in [-0.05, 0) is 18.1 Å². The molecule has 27 heavy (non-hydrogen) atoms. The number of nitrogens with one attached hydrogen (secondary N) is 1. The van der Waals surface area contributed by atoms with Crippen LogP contribution in [-0.2, 0) is 25.7 Å². The van der Waals surface area contributed by atoms with Gasteiger partial charge >= 0.3 is 0 Å². The van der Waals surface area contributed by atoms with Gasteiger partial charge in [0.2, 0.25) is 0 Å². The van der Waals surface area contributed by atoms with E-state index in [9.17, 15) is 9.59 Å². The third-order valence-electron chi connectivity index (χ3n) is 3.72. The Bertz CT molecular complexity index is 633. The van der Waals surface area contributed by atoms with Crippen LogP contribution in [0.2, 0.25) is 0 Å². The number of rotatable bonds is 13. The van der Waals surface area contributed by atoms with Crippen molar-refractivity contribution < 1.29 is 23.9 Å². The minimum absolute atomic E-state index is 0.263. The van der Waals surface area contributed by atoms with Crippen LogP contribution in [0.5, 0.6) is 0 Å². The number of nitrogens with zero attached hydrogens (tertiary/aromatic N) is 1. The molecule has 0 radical (unpaired) electrons. The highest BCUT2D eigenvalue weighted by Gasteiger charge is 2.24. The molecule has 1 atom stereocenters. The molecule has 7 nitrogen and oxygen atoms in total. The van der Waals surface area contributed by atoms with Crippen LogP contribution in [0.4, 0.5) is 0 Å². The monoisotopic (exact) mass is 376 g/mol. The van der Waals surface area contributed by atoms with E-state index in [4.69, 9.17) is 14.3 Å². The molecule has 1 aromatic rings. The molecule has 2 amide bonds. The van der Waals surface area contributed by atoms with Gasteiger partial charge in [0.1, 0.15) is 6.04 Å². The number of ether oxygens (including phenoxy) is 2. The molecule has 1 aromatic carbocycles. The van der Waals surface area contributed by atoms with Crippen LogP contribution in [0, 0.1) is 0 Å². The van der Waals surface area contributed by atoms with Gasteiger partial charge in [0.25, 0.3) is 11.8 Å². The van der Waals surface area contributed by atoms with Crippen LogP contribution in [0.3, 0.4) is 0 Å². The van der Waals surface area contributed by atoms with Gasteiger partial charge in [0.15, 0.2) is 0 Å². The number of amides is 2. The second kappa shape index (κ2) is 12.8. The maximum absolute atomic E-state index is 12.7. The van der Waals surface area contributed by atoms with Gasteiger partial charge in [-0.15, -0.1) is 13.2 Å². The summed E-state index contributed by atoms with van der Waals surface area (Å²) in [4.78, 5) is 29.9. The lowest BCUT2D eigenvalue weighted by Gasteiger charge is -2.22. The van der Waals surface area contributed by atoms with Crippen molar-refractivity contribution >= 4 is 11.8 Å². The Morgan fingerprint density at radius 3 is 2.56 bits per heavy atom. The molecule has 0 spiro atoms. The highest BCUT2D eigenvalue weighted by atomic mass is 16.7. The summed E-state index contributed by atoms with van der Waals surface area (Å²) in [5.74, 6) is -0.722. The molecule has 0 aromatic heterocycles. The average Bonchev–Trinajstić information content (AvgIpc) is 2.69. The first-order chi connectivity index (χ1) is 13.0. The van der Waals surface area contributed by atoms with E-state index >= 15 is 0 Å². The summed E-state index contributed by atoms with van der Waals surface area (Å²) in [6.45, 7) is 8.79. The standard InChI is InChI=1S/C20H28N2O5/c1-5-9-18(20(24)22(3)25-4)21-19(23)17-11-8-7-10-16(17)15-27-14-13-26-12-6-2/h5-8,10-11,18H,1-2,9,12-15H2,3-4H3,(H,21,23)/t18-/m0/s1. The number of hydroxylamine groups is 2. The number of benzene rings is 1. The van der Waals surface area contributed by atoms with Crippen LogP contribution in [0.25, 0.3) is 0 Å². The van der Waals surface area contributed by atoms with E-state index in [2.05, 4.69) is 18.5 Å². The lowest BCUT2D eigenvalue weighted by molar-refractivity contribution is -0.170. The van der Waals surface area contributed by atoms with Crippen molar-refractivity contribution in [1.29, 1.82) is 0 Å². The Morgan fingerprint density at radius 2 is 1.89 bits per heavy atom. The SMILES string of the molecule is C=CCOCCOCc1ccccc1C(=O)N[C@@H](CC=C)C(=O)N(C)OC. The van der Waals surface area contributed by atoms with E-state index in [0.29, 0.717) is 25.4 Å². The van der Waals surface area contributed by atoms with Crippen molar-refractivity contribution in [3.05, 3.63) is 60.7 Å². The Hall–Kier alpha value is -2.48. The van der Waals surface area contributed by atoms with Crippen molar-refractivity contribution in [2.24, 2.45) is 0 Å². The maximum Gasteiger partial charge on any atom is 0.268 e. The van der Waals surface area contributed by atoms with Gasteiger partial charge in [-0.3, -0.25) is 14.4 Å². The normalized spacial score (nSPS) is 11.5. The summed E-state index contributed by atoms with van der Waals surface area (Å²) in [6, 6.07) is 6.33. The Morgan fingerprint density at radius 1 is 1.19 bits per heavy atom. The molecular formula is C20H28N2O5. The van der Waals surface area contributed by atoms with E-state index in [1.807, 2.05) is 12.1 Å². The molecule has 148 valence electrons. The fourth-order valence-corrected chi connectivity index (χ4v) is 2.27. The van der Waals surface area contributed by atoms with Crippen molar-refractivity contribution in [3.63, 3.8) is 0 Å². The lowest BCUT2D eigenvalue weighted by Crippen LogP contribution is -2.47. The van der Waals surface area contributed by atoms with E-state index in [0.717, 1.165) is 10.6 Å². The molecular weight excluding hydrogens is 348 g/mol. The summed E-state index contributed by atoms with van der Waals surface area (Å²) in [5.41, 5.74) is 1.18. The average molecular weight is 376 g/mol. The van der Waals surface area contributed by atoms with Crippen molar-refractivity contribution in [2.45, 2.75) is 19.1 Å². The third kappa shape index (κ3) is 7.74. The summed E-state index contributed by atoms with van der Waals surface area (Å²) in [6.07, 6.45) is 3.53. The van der Waals surface area contributed by atoms with E-state index in [1.54, 1.807) is 24.3 Å². The van der Waals surface area contributed by atoms with Crippen molar-refractivity contribution in [1.82, 2.24) is 10.4 Å². The second-order valence-corrected chi connectivity index (χ2v) is 5.64. The molecule has 0 unspecified atom stereocenters. The molecule has 0 aliphatic rings. The highest BCUT2D eigenvalue weighted by molar-refractivity contribution is 5.98. The zero-order chi connectivity index (χ0) is 20.1. The zero-order valence-corrected chi connectivity index (χ0v) is 16.0. The first-order valence-electron chi connectivity index (χ1n) is 8.62. The van der Waals surface area contributed by atoms with E-state index in [-0.39, 0.29) is 24.8 Å². The Balaban J connectivity index is 2.73. The fourth-order valence-electron chi connectivity index (χ4n) is 2.27. The second-order valence-electron chi connectivity index (χ2n) is 5.64. The number of carbonyl (C=O) groups excluding carboxylic acids is 2. The first kappa shape index (κ1) is 22.6. The fraction of sp³-hybridized carbons (Fsp3) is 0.400. The number of carbonyl (C=O) groups is 2. The van der Waals surface area contributed by atoms with Crippen molar-refractivity contribution in [3.8, 4) is 0 Å². The van der Waals surface area contributed by atoms with Crippen LogP contribution < -0.4 is 5.32 Å². The summed E-state index contributed by atoms with van der Waals surface area (Å²) in [5, 5.41) is 3.81. The molecule has 7 heteroatoms. The summed E-state index contributed by atoms with van der Waals surface area (Å²) < 4.78 is 10.8. The van der Waals surface area contributed by atoms with Gasteiger partial charge in [-0.2, -0.15) is 0 Å². The molecule has 0 bridgehead atoms. The smallest absolute Gasteiger partial charge is 0.268 e. The minimum Gasteiger partial charge on any atom is -0.375 e. The van der Waals surface area contributed by atoms with Crippen molar-refractivity contribution in [2.75, 3.05) is 34.0 Å². The molecule has 0 heterocycles. The molecule has 0 aliphatic carbocycles. The predicted octanol–water partition coefficient (Wildman–Crippen LogP) is 2.10. The molecule has 0 saturated carbocycles. The van der Waals surface area contributed by atoms with Gasteiger partial charge in [0.05, 0.1) is 33.5 Å². The van der Waals surface area contributed by atoms with Gasteiger partial charge in [-0.1, -0.05) is 30.4 Å². The first-order valence-corrected chi connectivity index (χ1v) is 8.62. The molecule has 1 rings (SSSR count). The molecule has 0 saturated heterocycles. The molecule has 1 N–H and O–H groups in total. The van der Waals surface area contributed by atoms with Gasteiger partial charge in [0, 0.05) is 12.6 Å². The van der Waals surface area contributed by atoms with Crippen LogP contribution in [-0.4, -0.2) is 56.9 Å². The maximum atomic E-state index is 12.7. The van der Waals surface area contributed by atoms with E-state index in [1.165, 1.54) is 14.2 Å². The van der Waals surface area contributed by atoms with E-state index < -0.39 is 6.04 Å². The highest BCUT2D eigenvalue weighted by Crippen LogP contribution is 2.11. The predicted molar refractivity (Wildman–Crippen MR) is 103 cm³/mol. The van der Waals surface area contributed by atoms with Crippen LogP contribution in [0.1, 0.15) is 22.3 Å². The van der Waals surface area contributed by atoms with Gasteiger partial charge in [-0.25, -0.2) is 5.06 Å². The lowest BCUT2D eigenvalue weighted by atomic mass is 10.1. The summed E-state index contributed by atoms with van der Waals surface area (Å²) in [7, 11) is 2.87. The Labute approximate surface area is 160 Å². The molecule has 0 aliphatic heterocycles. The van der Waals surface area contributed by atoms with Crippen LogP contribution in [0.15, 0.2) is 49.6 Å². The minimum atomic E-state index is -0.763. The largest absolute Gasteiger partial charge is 0.375 e. The zero-order valence-electron chi connectivity index (χ0n) is 16.0. The third-order valence-corrected chi connectivity index (χ3v) is 3.72. The van der Waals surface area contributed by atoms with Crippen LogP contribution >= 0.6 is 0 Å². The molecule has 0 fully saturated rings. The summed E-state index contributed by atoms with van der Waals surface area (Å²) >= 11 is 0. The number of likely N-dealkylation sites (N-methyl/N-ethyl adjacent to an activating group) is 1. The quantitative estimate of drug-likeness (QED) is 0.324. The topological polar surface area (TPSA) is 77.1 Å². The Kier molecular flexibility index (Phi) is 10.7. The number of hydrogen-bond acceptors (Lipinski definition) is 5. The number of hydrogen-bond donors (Lipinski definition) is 1.